The van der Waals surface area contributed by atoms with Gasteiger partial charge in [0.25, 0.3) is 0 Å². The third-order valence-electron chi connectivity index (χ3n) is 5.26. The predicted octanol–water partition coefficient (Wildman–Crippen LogP) is 4.27. The van der Waals surface area contributed by atoms with Gasteiger partial charge in [0.1, 0.15) is 16.8 Å². The van der Waals surface area contributed by atoms with Crippen molar-refractivity contribution in [3.63, 3.8) is 0 Å². The molecule has 0 saturated carbocycles. The first-order valence-electron chi connectivity index (χ1n) is 10.0. The van der Waals surface area contributed by atoms with Gasteiger partial charge < -0.3 is 10.1 Å². The third kappa shape index (κ3) is 5.30. The monoisotopic (exact) mass is 409 g/mol. The Kier molecular flexibility index (Phi) is 7.16. The number of aromatic nitrogens is 1. The van der Waals surface area contributed by atoms with Crippen LogP contribution in [0.5, 0.6) is 5.75 Å². The Morgan fingerprint density at radius 1 is 1.41 bits per heavy atom. The molecule has 1 heterocycles. The first-order chi connectivity index (χ1) is 14.0. The minimum absolute atomic E-state index is 0.0367. The molecule has 2 atom stereocenters. The van der Waals surface area contributed by atoms with Crippen LogP contribution in [0.15, 0.2) is 35.4 Å². The standard InChI is InChI=1S/C23H27N3O2S/c1-4-21(22(27)25-14-16-6-8-19(28-3)9-7-16)29-23-18(13-24)12-17-11-15(2)5-10-20(17)26-23/h6-9,12,15,21H,4-5,10-11,14H2,1-3H3,(H,25,27). The zero-order chi connectivity index (χ0) is 20.8. The molecule has 0 saturated heterocycles. The topological polar surface area (TPSA) is 75.0 Å². The predicted molar refractivity (Wildman–Crippen MR) is 115 cm³/mol. The molecule has 0 bridgehead atoms. The van der Waals surface area contributed by atoms with Crippen LogP contribution in [-0.4, -0.2) is 23.3 Å². The van der Waals surface area contributed by atoms with Crippen molar-refractivity contribution >= 4 is 17.7 Å². The van der Waals surface area contributed by atoms with E-state index in [0.717, 1.165) is 36.3 Å². The number of aryl methyl sites for hydroxylation is 1. The summed E-state index contributed by atoms with van der Waals surface area (Å²) in [5, 5.41) is 13.0. The summed E-state index contributed by atoms with van der Waals surface area (Å²) in [4.78, 5) is 17.5. The summed E-state index contributed by atoms with van der Waals surface area (Å²) in [5.41, 5.74) is 3.85. The number of methoxy groups -OCH3 is 1. The molecule has 0 aliphatic heterocycles. The van der Waals surface area contributed by atoms with E-state index in [9.17, 15) is 10.1 Å². The van der Waals surface area contributed by atoms with Gasteiger partial charge in [-0.15, -0.1) is 0 Å². The molecule has 1 aromatic carbocycles. The summed E-state index contributed by atoms with van der Waals surface area (Å²) in [6, 6.07) is 11.9. The van der Waals surface area contributed by atoms with Crippen molar-refractivity contribution < 1.29 is 9.53 Å². The van der Waals surface area contributed by atoms with Crippen molar-refractivity contribution in [1.82, 2.24) is 10.3 Å². The molecule has 1 aliphatic carbocycles. The third-order valence-corrected chi connectivity index (χ3v) is 6.63. The Balaban J connectivity index is 1.68. The van der Waals surface area contributed by atoms with Gasteiger partial charge in [0.05, 0.1) is 17.9 Å². The van der Waals surface area contributed by atoms with Gasteiger partial charge in [0.2, 0.25) is 5.91 Å². The summed E-state index contributed by atoms with van der Waals surface area (Å²) in [5.74, 6) is 1.38. The van der Waals surface area contributed by atoms with Crippen LogP contribution in [0.25, 0.3) is 0 Å². The van der Waals surface area contributed by atoms with Gasteiger partial charge >= 0.3 is 0 Å². The second-order valence-corrected chi connectivity index (χ2v) is 8.68. The van der Waals surface area contributed by atoms with Gasteiger partial charge in [-0.1, -0.05) is 37.7 Å². The van der Waals surface area contributed by atoms with E-state index < -0.39 is 0 Å². The van der Waals surface area contributed by atoms with E-state index in [0.29, 0.717) is 29.5 Å². The lowest BCUT2D eigenvalue weighted by Gasteiger charge is -2.22. The maximum absolute atomic E-state index is 12.7. The maximum atomic E-state index is 12.7. The van der Waals surface area contributed by atoms with Crippen LogP contribution in [0, 0.1) is 17.2 Å². The molecule has 29 heavy (non-hydrogen) atoms. The molecule has 3 rings (SSSR count). The van der Waals surface area contributed by atoms with E-state index in [2.05, 4.69) is 18.3 Å². The highest BCUT2D eigenvalue weighted by Crippen LogP contribution is 2.32. The molecule has 1 N–H and O–H groups in total. The molecule has 0 radical (unpaired) electrons. The number of pyridine rings is 1. The minimum Gasteiger partial charge on any atom is -0.497 e. The van der Waals surface area contributed by atoms with Gasteiger partial charge in [-0.2, -0.15) is 5.26 Å². The highest BCUT2D eigenvalue weighted by Gasteiger charge is 2.23. The number of hydrogen-bond donors (Lipinski definition) is 1. The number of hydrogen-bond acceptors (Lipinski definition) is 5. The number of benzene rings is 1. The smallest absolute Gasteiger partial charge is 0.233 e. The van der Waals surface area contributed by atoms with Crippen LogP contribution in [0.2, 0.25) is 0 Å². The van der Waals surface area contributed by atoms with E-state index in [4.69, 9.17) is 9.72 Å². The molecule has 0 fully saturated rings. The number of fused-ring (bicyclic) bond motifs is 1. The second kappa shape index (κ2) is 9.80. The van der Waals surface area contributed by atoms with Crippen LogP contribution in [-0.2, 0) is 24.2 Å². The van der Waals surface area contributed by atoms with E-state index in [-0.39, 0.29) is 11.2 Å². The number of carbonyl (C=O) groups is 1. The number of nitrogens with one attached hydrogen (secondary N) is 1. The molecule has 1 amide bonds. The fourth-order valence-electron chi connectivity index (χ4n) is 3.50. The van der Waals surface area contributed by atoms with Crippen molar-refractivity contribution in [2.75, 3.05) is 7.11 Å². The van der Waals surface area contributed by atoms with E-state index in [1.54, 1.807) is 7.11 Å². The second-order valence-electron chi connectivity index (χ2n) is 7.49. The van der Waals surface area contributed by atoms with Crippen molar-refractivity contribution in [3.8, 4) is 11.8 Å². The maximum Gasteiger partial charge on any atom is 0.233 e. The SMILES string of the molecule is CCC(Sc1nc2c(cc1C#N)CC(C)CC2)C(=O)NCc1ccc(OC)cc1. The van der Waals surface area contributed by atoms with Gasteiger partial charge in [0, 0.05) is 12.2 Å². The summed E-state index contributed by atoms with van der Waals surface area (Å²) in [6.07, 6.45) is 3.70. The molecule has 1 aliphatic rings. The molecule has 152 valence electrons. The molecule has 6 heteroatoms. The Bertz CT molecular complexity index is 906. The summed E-state index contributed by atoms with van der Waals surface area (Å²) in [6.45, 7) is 4.68. The largest absolute Gasteiger partial charge is 0.497 e. The summed E-state index contributed by atoms with van der Waals surface area (Å²) >= 11 is 1.40. The molecule has 2 aromatic rings. The summed E-state index contributed by atoms with van der Waals surface area (Å²) < 4.78 is 5.16. The van der Waals surface area contributed by atoms with Crippen LogP contribution in [0.1, 0.15) is 49.1 Å². The van der Waals surface area contributed by atoms with Crippen molar-refractivity contribution in [2.45, 2.75) is 56.4 Å². The minimum atomic E-state index is -0.284. The number of amides is 1. The highest BCUT2D eigenvalue weighted by atomic mass is 32.2. The van der Waals surface area contributed by atoms with E-state index in [1.807, 2.05) is 37.3 Å². The van der Waals surface area contributed by atoms with Gasteiger partial charge in [-0.25, -0.2) is 4.98 Å². The molecular formula is C23H27N3O2S. The Morgan fingerprint density at radius 3 is 2.83 bits per heavy atom. The zero-order valence-corrected chi connectivity index (χ0v) is 18.0. The lowest BCUT2D eigenvalue weighted by Crippen LogP contribution is -2.32. The fourth-order valence-corrected chi connectivity index (χ4v) is 4.52. The highest BCUT2D eigenvalue weighted by molar-refractivity contribution is 8.00. The van der Waals surface area contributed by atoms with Crippen molar-refractivity contribution in [3.05, 3.63) is 52.7 Å². The Hall–Kier alpha value is -2.52. The normalized spacial score (nSPS) is 16.4. The van der Waals surface area contributed by atoms with Crippen LogP contribution >= 0.6 is 11.8 Å². The van der Waals surface area contributed by atoms with Crippen LogP contribution in [0.3, 0.4) is 0 Å². The average Bonchev–Trinajstić information content (AvgIpc) is 2.75. The first kappa shape index (κ1) is 21.2. The number of carbonyl (C=O) groups excluding carboxylic acids is 1. The van der Waals surface area contributed by atoms with Gasteiger partial charge in [-0.3, -0.25) is 4.79 Å². The fraction of sp³-hybridized carbons (Fsp3) is 0.435. The first-order valence-corrected chi connectivity index (χ1v) is 10.9. The lowest BCUT2D eigenvalue weighted by atomic mass is 9.87. The molecule has 5 nitrogen and oxygen atoms in total. The number of thioether (sulfide) groups is 1. The number of nitrogens with zero attached hydrogens (tertiary/aromatic N) is 2. The molecule has 1 aromatic heterocycles. The van der Waals surface area contributed by atoms with Crippen LogP contribution in [0.4, 0.5) is 0 Å². The van der Waals surface area contributed by atoms with E-state index in [1.165, 1.54) is 17.3 Å². The number of ether oxygens (including phenoxy) is 1. The molecule has 2 unspecified atom stereocenters. The van der Waals surface area contributed by atoms with Gasteiger partial charge in [-0.05, 0) is 60.9 Å². The van der Waals surface area contributed by atoms with Gasteiger partial charge in [0.15, 0.2) is 0 Å². The quantitative estimate of drug-likeness (QED) is 0.691. The Labute approximate surface area is 176 Å². The van der Waals surface area contributed by atoms with E-state index >= 15 is 0 Å². The Morgan fingerprint density at radius 2 is 2.17 bits per heavy atom. The molecular weight excluding hydrogens is 382 g/mol. The van der Waals surface area contributed by atoms with Crippen molar-refractivity contribution in [1.29, 1.82) is 5.26 Å². The van der Waals surface area contributed by atoms with Crippen molar-refractivity contribution in [2.24, 2.45) is 5.92 Å². The zero-order valence-electron chi connectivity index (χ0n) is 17.2. The molecule has 0 spiro atoms. The average molecular weight is 410 g/mol. The van der Waals surface area contributed by atoms with Crippen LogP contribution < -0.4 is 10.1 Å². The summed E-state index contributed by atoms with van der Waals surface area (Å²) in [7, 11) is 1.63. The number of rotatable bonds is 7. The number of nitriles is 1. The lowest BCUT2D eigenvalue weighted by molar-refractivity contribution is -0.120.